The number of carbonyl (C=O) groups is 9. The number of nitrogens with zero attached hydrogens (tertiary/aromatic N) is 1. The zero-order valence-electron chi connectivity index (χ0n) is 38.5. The summed E-state index contributed by atoms with van der Waals surface area (Å²) >= 11 is 0. The monoisotopic (exact) mass is 967 g/mol. The predicted octanol–water partition coefficient (Wildman–Crippen LogP) is 2.32. The van der Waals surface area contributed by atoms with E-state index in [1.54, 1.807) is 0 Å². The van der Waals surface area contributed by atoms with Crippen molar-refractivity contribution in [3.8, 4) is 0 Å². The molecule has 2 aliphatic carbocycles. The van der Waals surface area contributed by atoms with Gasteiger partial charge in [-0.3, -0.25) is 29.0 Å². The van der Waals surface area contributed by atoms with Crippen LogP contribution in [-0.2, 0) is 82.6 Å². The number of fused-ring (bicyclic) bond motifs is 5. The van der Waals surface area contributed by atoms with Crippen LogP contribution in [-0.4, -0.2) is 136 Å². The highest BCUT2D eigenvalue weighted by molar-refractivity contribution is 5.93. The van der Waals surface area contributed by atoms with Gasteiger partial charge >= 0.3 is 53.7 Å². The zero-order valence-corrected chi connectivity index (χ0v) is 38.5. The first-order valence-corrected chi connectivity index (χ1v) is 21.5. The minimum Gasteiger partial charge on any atom is -0.472 e. The quantitative estimate of drug-likeness (QED) is 0.225. The number of ether oxygens (including phenoxy) is 10. The molecule has 370 valence electrons. The van der Waals surface area contributed by atoms with Crippen LogP contribution in [0.25, 0.3) is 0 Å². The van der Waals surface area contributed by atoms with Crippen LogP contribution in [0.15, 0.2) is 64.3 Å². The fourth-order valence-electron chi connectivity index (χ4n) is 10.3. The predicted molar refractivity (Wildman–Crippen MR) is 221 cm³/mol. The maximum absolute atomic E-state index is 15.3. The van der Waals surface area contributed by atoms with Gasteiger partial charge in [0.05, 0.1) is 40.8 Å². The van der Waals surface area contributed by atoms with E-state index in [0.29, 0.717) is 0 Å². The van der Waals surface area contributed by atoms with Crippen LogP contribution < -0.4 is 0 Å². The highest BCUT2D eigenvalue weighted by atomic mass is 16.7. The summed E-state index contributed by atoms with van der Waals surface area (Å²) in [6.07, 6.45) is -8.39. The van der Waals surface area contributed by atoms with E-state index >= 15 is 4.79 Å². The average Bonchev–Trinajstić information content (AvgIpc) is 4.05. The highest BCUT2D eigenvalue weighted by Crippen LogP contribution is 2.70. The van der Waals surface area contributed by atoms with Crippen LogP contribution in [0.3, 0.4) is 0 Å². The maximum Gasteiger partial charge on any atom is 0.350 e. The summed E-state index contributed by atoms with van der Waals surface area (Å²) in [6.45, 7) is 6.17. The largest absolute Gasteiger partial charge is 0.472 e. The van der Waals surface area contributed by atoms with Crippen LogP contribution in [0, 0.1) is 11.3 Å². The second kappa shape index (κ2) is 18.4. The molecule has 2 aliphatic heterocycles. The molecule has 1 saturated heterocycles. The van der Waals surface area contributed by atoms with E-state index in [0.717, 1.165) is 73.5 Å². The summed E-state index contributed by atoms with van der Waals surface area (Å²) in [5, 5.41) is 13.9. The standard InChI is InChI=1S/C46H49NO22/c1-22(48)60-21-45-36(64-25(4)51)32(62-23(2)49)31-34(63-24(3)50)46(45)44(8,57)35(33(37(45)65-26(5)52)66-38(53)27-12-16-58-18-27)67-41(56)42(6,68-39(54)28-13-17-59-19-28)14-11-30-29(10-9-15-47-30)40(55)61-20-43(31,7)69-46/h9-10,12-13,15-19,31-37,57H,11,14,20-21H2,1-8H3/t31-,32-,33+,34-,35+,36-,37+,42-,43+,44+,45-,46+/m0/s1. The number of hydrogen-bond acceptors (Lipinski definition) is 23. The first kappa shape index (κ1) is 49.8. The van der Waals surface area contributed by atoms with Crippen molar-refractivity contribution in [2.45, 2.75) is 127 Å². The molecule has 0 unspecified atom stereocenters. The lowest BCUT2D eigenvalue weighted by Crippen LogP contribution is -2.89. The second-order valence-electron chi connectivity index (χ2n) is 17.7. The fraction of sp³-hybridized carbons (Fsp3) is 0.522. The summed E-state index contributed by atoms with van der Waals surface area (Å²) < 4.78 is 71.4. The molecule has 0 amide bonds. The summed E-state index contributed by atoms with van der Waals surface area (Å²) in [7, 11) is 0. The summed E-state index contributed by atoms with van der Waals surface area (Å²) in [6, 6.07) is 5.19. The molecule has 4 bridgehead atoms. The molecule has 5 heterocycles. The van der Waals surface area contributed by atoms with Gasteiger partial charge in [0.1, 0.15) is 54.6 Å². The smallest absolute Gasteiger partial charge is 0.350 e. The molecule has 7 rings (SSSR count). The van der Waals surface area contributed by atoms with E-state index in [-0.39, 0.29) is 28.8 Å². The molecule has 23 heteroatoms. The molecule has 23 nitrogen and oxygen atoms in total. The minimum atomic E-state index is -3.08. The van der Waals surface area contributed by atoms with Gasteiger partial charge in [0, 0.05) is 47.2 Å². The van der Waals surface area contributed by atoms with E-state index in [2.05, 4.69) is 4.98 Å². The lowest BCUT2D eigenvalue weighted by Gasteiger charge is -2.67. The molecule has 0 radical (unpaired) electrons. The van der Waals surface area contributed by atoms with Crippen LogP contribution in [0.1, 0.15) is 98.6 Å². The Kier molecular flexibility index (Phi) is 13.3. The molecule has 4 aliphatic rings. The Balaban J connectivity index is 1.61. The van der Waals surface area contributed by atoms with Gasteiger partial charge in [-0.25, -0.2) is 19.2 Å². The lowest BCUT2D eigenvalue weighted by atomic mass is 9.45. The van der Waals surface area contributed by atoms with Crippen molar-refractivity contribution in [1.29, 1.82) is 0 Å². The SMILES string of the molecule is CC(=O)OC[C@]12[C@H](OC(C)=O)[C@H](OC(=O)c3ccoc3)[C@H]3OC(=O)[C@@](C)(OC(=O)c4ccoc4)CCc4ncccc4C(=O)OC[C@@]4(C)O[C@]1([C@@H](OC(C)=O)[C@@H]4[C@H](OC(C)=O)[C@@H]2OC(C)=O)[C@]3(C)O. The second-order valence-corrected chi connectivity index (χ2v) is 17.7. The van der Waals surface area contributed by atoms with E-state index in [1.165, 1.54) is 37.4 Å². The molecular weight excluding hydrogens is 918 g/mol. The molecule has 12 atom stereocenters. The van der Waals surface area contributed by atoms with Crippen LogP contribution in [0.5, 0.6) is 0 Å². The van der Waals surface area contributed by atoms with Crippen molar-refractivity contribution in [2.75, 3.05) is 13.2 Å². The lowest BCUT2D eigenvalue weighted by molar-refractivity contribution is -0.386. The average molecular weight is 968 g/mol. The first-order chi connectivity index (χ1) is 32.4. The van der Waals surface area contributed by atoms with Crippen molar-refractivity contribution < 1.29 is 104 Å². The summed E-state index contributed by atoms with van der Waals surface area (Å²) in [5.41, 5.74) is -14.0. The van der Waals surface area contributed by atoms with Crippen LogP contribution in [0.4, 0.5) is 0 Å². The third kappa shape index (κ3) is 8.57. The Morgan fingerprint density at radius 3 is 1.88 bits per heavy atom. The van der Waals surface area contributed by atoms with Crippen molar-refractivity contribution in [1.82, 2.24) is 4.98 Å². The summed E-state index contributed by atoms with van der Waals surface area (Å²) in [5.74, 6) is -12.0. The Morgan fingerprint density at radius 1 is 0.739 bits per heavy atom. The number of carbonyl (C=O) groups excluding carboxylic acids is 9. The van der Waals surface area contributed by atoms with Gasteiger partial charge in [0.15, 0.2) is 30.0 Å². The van der Waals surface area contributed by atoms with E-state index in [4.69, 9.17) is 56.2 Å². The Labute approximate surface area is 392 Å². The number of furan rings is 2. The number of aromatic nitrogens is 1. The van der Waals surface area contributed by atoms with Gasteiger partial charge in [-0.05, 0) is 51.5 Å². The Bertz CT molecular complexity index is 2530. The van der Waals surface area contributed by atoms with Crippen molar-refractivity contribution in [3.05, 3.63) is 77.9 Å². The van der Waals surface area contributed by atoms with E-state index in [9.17, 15) is 43.5 Å². The van der Waals surface area contributed by atoms with Gasteiger partial charge < -0.3 is 61.3 Å². The van der Waals surface area contributed by atoms with Crippen molar-refractivity contribution in [3.63, 3.8) is 0 Å². The van der Waals surface area contributed by atoms with Crippen LogP contribution >= 0.6 is 0 Å². The number of cyclic esters (lactones) is 1. The number of rotatable bonds is 10. The third-order valence-corrected chi connectivity index (χ3v) is 13.0. The molecule has 3 aromatic heterocycles. The molecule has 1 spiro atoms. The Morgan fingerprint density at radius 2 is 1.32 bits per heavy atom. The van der Waals surface area contributed by atoms with Gasteiger partial charge in [-0.15, -0.1) is 0 Å². The molecule has 3 aromatic rings. The maximum atomic E-state index is 15.3. The molecule has 2 saturated carbocycles. The molecule has 1 N–H and O–H groups in total. The molecule has 0 aromatic carbocycles. The molecule has 3 fully saturated rings. The zero-order chi connectivity index (χ0) is 50.4. The number of aryl methyl sites for hydroxylation is 1. The van der Waals surface area contributed by atoms with Gasteiger partial charge in [0.25, 0.3) is 0 Å². The van der Waals surface area contributed by atoms with Crippen LogP contribution in [0.2, 0.25) is 0 Å². The third-order valence-electron chi connectivity index (χ3n) is 13.0. The molecular formula is C46H49NO22. The number of aliphatic hydroxyl groups is 1. The van der Waals surface area contributed by atoms with Gasteiger partial charge in [-0.2, -0.15) is 0 Å². The van der Waals surface area contributed by atoms with E-state index < -0.39 is 144 Å². The van der Waals surface area contributed by atoms with Gasteiger partial charge in [0.2, 0.25) is 5.60 Å². The highest BCUT2D eigenvalue weighted by Gasteiger charge is 2.92. The van der Waals surface area contributed by atoms with Crippen molar-refractivity contribution in [2.24, 2.45) is 11.3 Å². The normalized spacial score (nSPS) is 33.7. The topological polar surface area (TPSA) is 305 Å². The Hall–Kier alpha value is -7.14. The number of pyridine rings is 1. The first-order valence-electron chi connectivity index (χ1n) is 21.5. The molecule has 69 heavy (non-hydrogen) atoms. The fourth-order valence-corrected chi connectivity index (χ4v) is 10.3. The summed E-state index contributed by atoms with van der Waals surface area (Å²) in [4.78, 5) is 129. The number of hydrogen-bond donors (Lipinski definition) is 1. The van der Waals surface area contributed by atoms with Gasteiger partial charge in [-0.1, -0.05) is 0 Å². The van der Waals surface area contributed by atoms with E-state index in [1.807, 2.05) is 0 Å². The number of esters is 9. The minimum absolute atomic E-state index is 0.0315. The van der Waals surface area contributed by atoms with Crippen molar-refractivity contribution >= 4 is 53.7 Å².